The molecule has 0 saturated heterocycles. The van der Waals surface area contributed by atoms with Crippen molar-refractivity contribution in [1.82, 2.24) is 9.97 Å². The van der Waals surface area contributed by atoms with E-state index in [1.807, 2.05) is 24.3 Å². The number of aryl methyl sites for hydroxylation is 1. The zero-order chi connectivity index (χ0) is 13.0. The number of hydrazine groups is 1. The van der Waals surface area contributed by atoms with E-state index in [2.05, 4.69) is 22.3 Å². The van der Waals surface area contributed by atoms with Crippen LogP contribution in [0, 0.1) is 0 Å². The number of hydrogen-bond acceptors (Lipinski definition) is 6. The van der Waals surface area contributed by atoms with Crippen LogP contribution in [-0.2, 0) is 6.42 Å². The van der Waals surface area contributed by atoms with Gasteiger partial charge in [-0.05, 0) is 24.1 Å². The molecule has 0 unspecified atom stereocenters. The maximum atomic E-state index is 5.62. The molecule has 0 radical (unpaired) electrons. The van der Waals surface area contributed by atoms with Crippen LogP contribution in [0.2, 0.25) is 0 Å². The number of nitrogens with zero attached hydrogens (tertiary/aromatic N) is 2. The second-order valence-corrected chi connectivity index (χ2v) is 3.70. The summed E-state index contributed by atoms with van der Waals surface area (Å²) >= 11 is 0. The van der Waals surface area contributed by atoms with Crippen molar-refractivity contribution < 1.29 is 4.74 Å². The molecule has 94 valence electrons. The largest absolute Gasteiger partial charge is 0.439 e. The number of anilines is 2. The SMILES string of the molecule is CCc1cccc(Oc2cc(NN)nc(N)n2)c1. The standard InChI is InChI=1S/C12H15N5O/c1-2-8-4-3-5-9(6-8)18-11-7-10(17-14)15-12(13)16-11/h3-7H,2,14H2,1H3,(H3,13,15,16,17). The van der Waals surface area contributed by atoms with Crippen LogP contribution in [0.1, 0.15) is 12.5 Å². The molecule has 6 nitrogen and oxygen atoms in total. The van der Waals surface area contributed by atoms with Crippen molar-refractivity contribution in [2.24, 2.45) is 5.84 Å². The van der Waals surface area contributed by atoms with E-state index in [1.54, 1.807) is 6.07 Å². The molecule has 0 aliphatic carbocycles. The van der Waals surface area contributed by atoms with Crippen LogP contribution in [0.4, 0.5) is 11.8 Å². The second-order valence-electron chi connectivity index (χ2n) is 3.70. The number of nitrogens with two attached hydrogens (primary N) is 2. The van der Waals surface area contributed by atoms with Gasteiger partial charge in [0.05, 0.1) is 0 Å². The lowest BCUT2D eigenvalue weighted by atomic mass is 10.2. The summed E-state index contributed by atoms with van der Waals surface area (Å²) in [5.41, 5.74) is 9.14. The van der Waals surface area contributed by atoms with Crippen molar-refractivity contribution in [3.8, 4) is 11.6 Å². The van der Waals surface area contributed by atoms with E-state index in [1.165, 1.54) is 5.56 Å². The summed E-state index contributed by atoms with van der Waals surface area (Å²) in [5, 5.41) is 0. The fourth-order valence-corrected chi connectivity index (χ4v) is 1.52. The van der Waals surface area contributed by atoms with Gasteiger partial charge in [0, 0.05) is 6.07 Å². The zero-order valence-corrected chi connectivity index (χ0v) is 10.1. The third-order valence-electron chi connectivity index (χ3n) is 2.40. The van der Waals surface area contributed by atoms with Crippen LogP contribution >= 0.6 is 0 Å². The number of nitrogen functional groups attached to an aromatic ring is 2. The number of hydrogen-bond donors (Lipinski definition) is 3. The van der Waals surface area contributed by atoms with Crippen LogP contribution in [-0.4, -0.2) is 9.97 Å². The highest BCUT2D eigenvalue weighted by atomic mass is 16.5. The molecule has 0 spiro atoms. The van der Waals surface area contributed by atoms with Crippen molar-refractivity contribution in [3.63, 3.8) is 0 Å². The monoisotopic (exact) mass is 245 g/mol. The summed E-state index contributed by atoms with van der Waals surface area (Å²) in [4.78, 5) is 7.86. The maximum absolute atomic E-state index is 5.62. The first-order valence-corrected chi connectivity index (χ1v) is 5.59. The van der Waals surface area contributed by atoms with Gasteiger partial charge in [-0.25, -0.2) is 5.84 Å². The van der Waals surface area contributed by atoms with Crippen LogP contribution in [0.25, 0.3) is 0 Å². The molecule has 2 rings (SSSR count). The first-order valence-electron chi connectivity index (χ1n) is 5.59. The fourth-order valence-electron chi connectivity index (χ4n) is 1.52. The molecule has 0 atom stereocenters. The van der Waals surface area contributed by atoms with Gasteiger partial charge in [-0.2, -0.15) is 9.97 Å². The van der Waals surface area contributed by atoms with Gasteiger partial charge in [0.15, 0.2) is 0 Å². The molecule has 1 heterocycles. The average Bonchev–Trinajstić information content (AvgIpc) is 2.38. The Bertz CT molecular complexity index is 544. The molecule has 0 aliphatic rings. The Morgan fingerprint density at radius 2 is 2.11 bits per heavy atom. The summed E-state index contributed by atoms with van der Waals surface area (Å²) < 4.78 is 5.62. The lowest BCUT2D eigenvalue weighted by Gasteiger charge is -2.08. The lowest BCUT2D eigenvalue weighted by molar-refractivity contribution is 0.462. The van der Waals surface area contributed by atoms with Crippen molar-refractivity contribution >= 4 is 11.8 Å². The van der Waals surface area contributed by atoms with Gasteiger partial charge in [0.25, 0.3) is 0 Å². The first kappa shape index (κ1) is 12.1. The molecule has 18 heavy (non-hydrogen) atoms. The van der Waals surface area contributed by atoms with E-state index in [9.17, 15) is 0 Å². The predicted molar refractivity (Wildman–Crippen MR) is 70.1 cm³/mol. The van der Waals surface area contributed by atoms with Gasteiger partial charge >= 0.3 is 0 Å². The highest BCUT2D eigenvalue weighted by molar-refractivity contribution is 5.43. The molecular formula is C12H15N5O. The Balaban J connectivity index is 2.24. The van der Waals surface area contributed by atoms with Crippen molar-refractivity contribution in [1.29, 1.82) is 0 Å². The van der Waals surface area contributed by atoms with Gasteiger partial charge in [-0.1, -0.05) is 19.1 Å². The molecule has 2 aromatic rings. The number of ether oxygens (including phenoxy) is 1. The van der Waals surface area contributed by atoms with Gasteiger partial charge in [-0.15, -0.1) is 0 Å². The molecule has 6 heteroatoms. The molecule has 0 amide bonds. The smallest absolute Gasteiger partial charge is 0.226 e. The van der Waals surface area contributed by atoms with E-state index in [4.69, 9.17) is 16.3 Å². The quantitative estimate of drug-likeness (QED) is 0.560. The van der Waals surface area contributed by atoms with Crippen molar-refractivity contribution in [3.05, 3.63) is 35.9 Å². The highest BCUT2D eigenvalue weighted by Gasteiger charge is 2.04. The van der Waals surface area contributed by atoms with E-state index >= 15 is 0 Å². The first-order chi connectivity index (χ1) is 8.71. The maximum Gasteiger partial charge on any atom is 0.226 e. The lowest BCUT2D eigenvalue weighted by Crippen LogP contribution is -2.10. The topological polar surface area (TPSA) is 99.1 Å². The Hall–Kier alpha value is -2.34. The van der Waals surface area contributed by atoms with Crippen molar-refractivity contribution in [2.45, 2.75) is 13.3 Å². The number of nitrogens with one attached hydrogen (secondary N) is 1. The normalized spacial score (nSPS) is 10.1. The summed E-state index contributed by atoms with van der Waals surface area (Å²) in [6.07, 6.45) is 0.943. The summed E-state index contributed by atoms with van der Waals surface area (Å²) in [7, 11) is 0. The number of aromatic nitrogens is 2. The summed E-state index contributed by atoms with van der Waals surface area (Å²) in [5.74, 6) is 6.84. The van der Waals surface area contributed by atoms with Gasteiger partial charge in [0.2, 0.25) is 11.8 Å². The second kappa shape index (κ2) is 5.33. The molecule has 1 aromatic carbocycles. The third-order valence-corrected chi connectivity index (χ3v) is 2.40. The molecule has 0 aliphatic heterocycles. The Morgan fingerprint density at radius 3 is 2.83 bits per heavy atom. The molecule has 0 fully saturated rings. The minimum Gasteiger partial charge on any atom is -0.439 e. The summed E-state index contributed by atoms with van der Waals surface area (Å²) in [6, 6.07) is 9.35. The number of rotatable bonds is 4. The van der Waals surface area contributed by atoms with Crippen LogP contribution in [0.5, 0.6) is 11.6 Å². The number of benzene rings is 1. The van der Waals surface area contributed by atoms with E-state index in [0.29, 0.717) is 17.4 Å². The minimum absolute atomic E-state index is 0.104. The Labute approximate surface area is 105 Å². The molecule has 1 aromatic heterocycles. The van der Waals surface area contributed by atoms with E-state index < -0.39 is 0 Å². The van der Waals surface area contributed by atoms with Gasteiger partial charge < -0.3 is 15.9 Å². The van der Waals surface area contributed by atoms with Crippen LogP contribution in [0.15, 0.2) is 30.3 Å². The van der Waals surface area contributed by atoms with E-state index in [0.717, 1.165) is 6.42 Å². The minimum atomic E-state index is 0.104. The zero-order valence-electron chi connectivity index (χ0n) is 10.1. The van der Waals surface area contributed by atoms with Gasteiger partial charge in [-0.3, -0.25) is 0 Å². The predicted octanol–water partition coefficient (Wildman–Crippen LogP) is 1.70. The Morgan fingerprint density at radius 1 is 1.28 bits per heavy atom. The van der Waals surface area contributed by atoms with Crippen LogP contribution in [0.3, 0.4) is 0 Å². The highest BCUT2D eigenvalue weighted by Crippen LogP contribution is 2.22. The molecule has 0 bridgehead atoms. The summed E-state index contributed by atoms with van der Waals surface area (Å²) in [6.45, 7) is 2.08. The van der Waals surface area contributed by atoms with Gasteiger partial charge in [0.1, 0.15) is 11.6 Å². The molecular weight excluding hydrogens is 230 g/mol. The average molecular weight is 245 g/mol. The molecule has 0 saturated carbocycles. The van der Waals surface area contributed by atoms with Crippen molar-refractivity contribution in [2.75, 3.05) is 11.2 Å². The third kappa shape index (κ3) is 2.86. The molecule has 5 N–H and O–H groups in total. The fraction of sp³-hybridized carbons (Fsp3) is 0.167. The van der Waals surface area contributed by atoms with Crippen LogP contribution < -0.4 is 21.7 Å². The van der Waals surface area contributed by atoms with E-state index in [-0.39, 0.29) is 5.95 Å². The Kier molecular flexibility index (Phi) is 3.59.